The van der Waals surface area contributed by atoms with Gasteiger partial charge in [0.15, 0.2) is 5.78 Å². The second kappa shape index (κ2) is 9.02. The highest BCUT2D eigenvalue weighted by Crippen LogP contribution is 2.36. The number of ketones is 1. The Bertz CT molecular complexity index is 1030. The van der Waals surface area contributed by atoms with Crippen LogP contribution in [0, 0.1) is 5.92 Å². The van der Waals surface area contributed by atoms with Crippen molar-refractivity contribution in [3.8, 4) is 0 Å². The van der Waals surface area contributed by atoms with E-state index in [0.29, 0.717) is 12.2 Å². The lowest BCUT2D eigenvalue weighted by molar-refractivity contribution is 0.0723. The van der Waals surface area contributed by atoms with Gasteiger partial charge in [0.25, 0.3) is 5.91 Å². The highest BCUT2D eigenvalue weighted by molar-refractivity contribution is 6.02. The fourth-order valence-corrected chi connectivity index (χ4v) is 5.34. The summed E-state index contributed by atoms with van der Waals surface area (Å²) < 4.78 is 5.18. The molecule has 1 aliphatic carbocycles. The molecule has 5 rings (SSSR count). The molecule has 2 aromatic rings. The van der Waals surface area contributed by atoms with Crippen LogP contribution in [0.1, 0.15) is 63.9 Å². The summed E-state index contributed by atoms with van der Waals surface area (Å²) in [5.74, 6) is 1.30. The van der Waals surface area contributed by atoms with Crippen LogP contribution in [-0.4, -0.2) is 54.9 Å². The van der Waals surface area contributed by atoms with E-state index < -0.39 is 0 Å². The summed E-state index contributed by atoms with van der Waals surface area (Å²) in [4.78, 5) is 34.6. The summed E-state index contributed by atoms with van der Waals surface area (Å²) >= 11 is 0. The van der Waals surface area contributed by atoms with Crippen molar-refractivity contribution in [2.45, 2.75) is 44.9 Å². The van der Waals surface area contributed by atoms with E-state index >= 15 is 0 Å². The molecular formula is C26H31N3O3. The molecule has 32 heavy (non-hydrogen) atoms. The van der Waals surface area contributed by atoms with Crippen LogP contribution >= 0.6 is 0 Å². The second-order valence-electron chi connectivity index (χ2n) is 9.20. The van der Waals surface area contributed by atoms with Crippen molar-refractivity contribution < 1.29 is 14.3 Å². The second-order valence-corrected chi connectivity index (χ2v) is 9.20. The van der Waals surface area contributed by atoms with E-state index in [9.17, 15) is 9.59 Å². The molecule has 2 aliphatic heterocycles. The number of rotatable bonds is 5. The van der Waals surface area contributed by atoms with Crippen LogP contribution < -0.4 is 4.90 Å². The number of carbonyl (C=O) groups is 2. The summed E-state index contributed by atoms with van der Waals surface area (Å²) in [5.41, 5.74) is 4.88. The lowest BCUT2D eigenvalue weighted by Gasteiger charge is -2.31. The van der Waals surface area contributed by atoms with Crippen molar-refractivity contribution in [1.29, 1.82) is 0 Å². The number of piperidine rings is 1. The first-order chi connectivity index (χ1) is 15.7. The number of Topliss-reactive ketones (excluding diaryl/α,β-unsaturated/α-hetero) is 1. The molecule has 0 spiro atoms. The molecule has 1 aromatic carbocycles. The predicted molar refractivity (Wildman–Crippen MR) is 124 cm³/mol. The zero-order chi connectivity index (χ0) is 22.1. The van der Waals surface area contributed by atoms with Gasteiger partial charge in [0, 0.05) is 56.7 Å². The number of anilines is 2. The van der Waals surface area contributed by atoms with Gasteiger partial charge in [0.2, 0.25) is 0 Å². The van der Waals surface area contributed by atoms with Crippen molar-refractivity contribution in [3.05, 3.63) is 52.7 Å². The molecule has 1 unspecified atom stereocenters. The Balaban J connectivity index is 1.38. The zero-order valence-electron chi connectivity index (χ0n) is 18.8. The number of amides is 1. The Morgan fingerprint density at radius 1 is 1.09 bits per heavy atom. The molecule has 1 aromatic heterocycles. The van der Waals surface area contributed by atoms with E-state index in [0.717, 1.165) is 86.4 Å². The van der Waals surface area contributed by atoms with Crippen molar-refractivity contribution in [2.24, 2.45) is 5.92 Å². The summed E-state index contributed by atoms with van der Waals surface area (Å²) in [6.45, 7) is 3.20. The minimum absolute atomic E-state index is 0.0234. The predicted octanol–water partition coefficient (Wildman–Crippen LogP) is 4.18. The maximum atomic E-state index is 12.9. The Morgan fingerprint density at radius 3 is 2.75 bits per heavy atom. The number of aromatic nitrogens is 1. The highest BCUT2D eigenvalue weighted by Gasteiger charge is 2.31. The summed E-state index contributed by atoms with van der Waals surface area (Å²) in [6.07, 6.45) is 8.62. The zero-order valence-corrected chi connectivity index (χ0v) is 18.8. The standard InChI is InChI=1S/C26H31N3O3/c1-32-13-9-18-14-20-16-22(7-8-23(20)24(18)30)29-12-5-6-19-15-21(17-27-25(19)29)26(31)28-10-3-2-4-11-28/h7-8,15-18H,2-6,9-14H2,1H3. The van der Waals surface area contributed by atoms with Crippen LogP contribution in [-0.2, 0) is 17.6 Å². The molecule has 6 heteroatoms. The van der Waals surface area contributed by atoms with Crippen LogP contribution in [0.3, 0.4) is 0 Å². The molecule has 0 radical (unpaired) electrons. The minimum Gasteiger partial charge on any atom is -0.385 e. The first kappa shape index (κ1) is 21.1. The molecule has 1 amide bonds. The molecule has 1 atom stereocenters. The maximum absolute atomic E-state index is 12.9. The van der Waals surface area contributed by atoms with Crippen LogP contribution in [0.2, 0.25) is 0 Å². The highest BCUT2D eigenvalue weighted by atomic mass is 16.5. The normalized spacial score (nSPS) is 20.3. The molecule has 0 bridgehead atoms. The number of fused-ring (bicyclic) bond motifs is 2. The van der Waals surface area contributed by atoms with Crippen molar-refractivity contribution in [3.63, 3.8) is 0 Å². The van der Waals surface area contributed by atoms with Crippen LogP contribution in [0.25, 0.3) is 0 Å². The van der Waals surface area contributed by atoms with Crippen molar-refractivity contribution in [2.75, 3.05) is 38.3 Å². The third kappa shape index (κ3) is 3.92. The fraction of sp³-hybridized carbons (Fsp3) is 0.500. The average Bonchev–Trinajstić information content (AvgIpc) is 3.16. The van der Waals surface area contributed by atoms with Gasteiger partial charge in [-0.05, 0) is 80.3 Å². The van der Waals surface area contributed by atoms with E-state index in [1.807, 2.05) is 23.1 Å². The van der Waals surface area contributed by atoms with Gasteiger partial charge in [-0.1, -0.05) is 0 Å². The summed E-state index contributed by atoms with van der Waals surface area (Å²) in [5, 5.41) is 0. The Labute approximate surface area is 189 Å². The van der Waals surface area contributed by atoms with Gasteiger partial charge in [-0.3, -0.25) is 9.59 Å². The van der Waals surface area contributed by atoms with Gasteiger partial charge in [-0.15, -0.1) is 0 Å². The molecule has 3 heterocycles. The van der Waals surface area contributed by atoms with Crippen LogP contribution in [0.4, 0.5) is 11.5 Å². The molecule has 0 N–H and O–H groups in total. The lowest BCUT2D eigenvalue weighted by Crippen LogP contribution is -2.36. The SMILES string of the molecule is COCCC1Cc2cc(N3CCCc4cc(C(=O)N5CCCCC5)cnc43)ccc2C1=O. The number of likely N-dealkylation sites (tertiary alicyclic amines) is 1. The third-order valence-electron chi connectivity index (χ3n) is 7.09. The molecule has 3 aliphatic rings. The van der Waals surface area contributed by atoms with E-state index in [1.54, 1.807) is 13.3 Å². The summed E-state index contributed by atoms with van der Waals surface area (Å²) in [7, 11) is 1.68. The molecule has 1 fully saturated rings. The first-order valence-corrected chi connectivity index (χ1v) is 11.9. The molecule has 168 valence electrons. The maximum Gasteiger partial charge on any atom is 0.255 e. The van der Waals surface area contributed by atoms with Crippen LogP contribution in [0.15, 0.2) is 30.5 Å². The largest absolute Gasteiger partial charge is 0.385 e. The van der Waals surface area contributed by atoms with Gasteiger partial charge >= 0.3 is 0 Å². The van der Waals surface area contributed by atoms with Crippen LogP contribution in [0.5, 0.6) is 0 Å². The number of pyridine rings is 1. The van der Waals surface area contributed by atoms with E-state index in [-0.39, 0.29) is 17.6 Å². The lowest BCUT2D eigenvalue weighted by atomic mass is 10.0. The number of ether oxygens (including phenoxy) is 1. The monoisotopic (exact) mass is 433 g/mol. The van der Waals surface area contributed by atoms with Crippen molar-refractivity contribution in [1.82, 2.24) is 9.88 Å². The average molecular weight is 434 g/mol. The number of aryl methyl sites for hydroxylation is 1. The fourth-order valence-electron chi connectivity index (χ4n) is 5.34. The number of nitrogens with zero attached hydrogens (tertiary/aromatic N) is 3. The Kier molecular flexibility index (Phi) is 5.96. The third-order valence-corrected chi connectivity index (χ3v) is 7.09. The number of carbonyl (C=O) groups excluding carboxylic acids is 2. The Hall–Kier alpha value is -2.73. The number of hydrogen-bond donors (Lipinski definition) is 0. The molecule has 0 saturated carbocycles. The van der Waals surface area contributed by atoms with Gasteiger partial charge in [-0.25, -0.2) is 4.98 Å². The Morgan fingerprint density at radius 2 is 1.94 bits per heavy atom. The quantitative estimate of drug-likeness (QED) is 0.708. The molecule has 6 nitrogen and oxygen atoms in total. The topological polar surface area (TPSA) is 62.7 Å². The summed E-state index contributed by atoms with van der Waals surface area (Å²) in [6, 6.07) is 8.22. The van der Waals surface area contributed by atoms with Crippen molar-refractivity contribution >= 4 is 23.2 Å². The van der Waals surface area contributed by atoms with Gasteiger partial charge in [0.05, 0.1) is 5.56 Å². The van der Waals surface area contributed by atoms with E-state index in [4.69, 9.17) is 9.72 Å². The van der Waals surface area contributed by atoms with E-state index in [2.05, 4.69) is 11.0 Å². The number of hydrogen-bond acceptors (Lipinski definition) is 5. The smallest absolute Gasteiger partial charge is 0.255 e. The molecule has 1 saturated heterocycles. The van der Waals surface area contributed by atoms with Gasteiger partial charge < -0.3 is 14.5 Å². The number of benzene rings is 1. The minimum atomic E-state index is 0.0234. The van der Waals surface area contributed by atoms with Gasteiger partial charge in [-0.2, -0.15) is 0 Å². The first-order valence-electron chi connectivity index (χ1n) is 11.9. The molecular weight excluding hydrogens is 402 g/mol. The van der Waals surface area contributed by atoms with Gasteiger partial charge in [0.1, 0.15) is 5.82 Å². The van der Waals surface area contributed by atoms with E-state index in [1.165, 1.54) is 6.42 Å². The number of methoxy groups -OCH3 is 1.